The Bertz CT molecular complexity index is 1420. The first kappa shape index (κ1) is 32.1. The molecule has 13 nitrogen and oxygen atoms in total. The zero-order valence-electron chi connectivity index (χ0n) is 24.7. The van der Waals surface area contributed by atoms with Crippen molar-refractivity contribution in [1.82, 2.24) is 10.2 Å². The predicted molar refractivity (Wildman–Crippen MR) is 156 cm³/mol. The van der Waals surface area contributed by atoms with Gasteiger partial charge >= 0.3 is 0 Å². The minimum atomic E-state index is -2.99. The third kappa shape index (κ3) is 5.09. The molecule has 0 radical (unpaired) electrons. The molecule has 2 amide bonds. The molecule has 6 atom stereocenters. The summed E-state index contributed by atoms with van der Waals surface area (Å²) in [5.74, 6) is -10.2. The van der Waals surface area contributed by atoms with Gasteiger partial charge in [0.1, 0.15) is 22.8 Å². The van der Waals surface area contributed by atoms with Gasteiger partial charge in [-0.05, 0) is 44.6 Å². The lowest BCUT2D eigenvalue weighted by Crippen LogP contribution is -2.70. The Balaban J connectivity index is 1.76. The standard InChI is InChI=1S/C30H40N4O9/c1-5-6-7-8-11-32-12-16(35)33-15-10-9-14-13(2)17-19(24(37)18(14)23(15)36)27(40)30(43)21(25(17)38)22(34(3)4)26(39)20(28(30)41)29(31)42/h9-10,13,17,21-22,25,32,36-38,41,43H,5-8,11-12H2,1-4H3,(H2,31,42)(H,33,35)/t13?,17?,21?,22-,25?,30?/m0/s1. The van der Waals surface area contributed by atoms with Crippen molar-refractivity contribution >= 4 is 34.8 Å². The zero-order chi connectivity index (χ0) is 32.0. The van der Waals surface area contributed by atoms with Crippen LogP contribution in [0.3, 0.4) is 0 Å². The second kappa shape index (κ2) is 12.1. The number of unbranched alkanes of at least 4 members (excludes halogenated alkanes) is 3. The van der Waals surface area contributed by atoms with E-state index in [1.165, 1.54) is 31.1 Å². The van der Waals surface area contributed by atoms with Crippen molar-refractivity contribution < 1.29 is 44.7 Å². The predicted octanol–water partition coefficient (Wildman–Crippen LogP) is 0.604. The van der Waals surface area contributed by atoms with Gasteiger partial charge in [-0.3, -0.25) is 24.1 Å². The molecule has 1 saturated carbocycles. The molecule has 3 aliphatic rings. The Labute approximate surface area is 249 Å². The fourth-order valence-corrected chi connectivity index (χ4v) is 6.79. The molecule has 1 aromatic carbocycles. The summed E-state index contributed by atoms with van der Waals surface area (Å²) in [6.07, 6.45) is 2.46. The van der Waals surface area contributed by atoms with Gasteiger partial charge in [0.15, 0.2) is 11.4 Å². The van der Waals surface area contributed by atoms with Gasteiger partial charge in [-0.2, -0.15) is 0 Å². The fraction of sp³-hybridized carbons (Fsp3) is 0.533. The number of primary amides is 1. The summed E-state index contributed by atoms with van der Waals surface area (Å²) in [5.41, 5.74) is 0.976. The van der Waals surface area contributed by atoms with Crippen LogP contribution < -0.4 is 16.4 Å². The highest BCUT2D eigenvalue weighted by Gasteiger charge is 2.68. The lowest BCUT2D eigenvalue weighted by atomic mass is 9.54. The maximum atomic E-state index is 14.1. The average molecular weight is 601 g/mol. The van der Waals surface area contributed by atoms with Crippen LogP contribution in [0.5, 0.6) is 5.75 Å². The molecular formula is C30H40N4O9. The molecule has 0 aliphatic heterocycles. The summed E-state index contributed by atoms with van der Waals surface area (Å²) in [7, 11) is 2.89. The maximum Gasteiger partial charge on any atom is 0.255 e. The van der Waals surface area contributed by atoms with Gasteiger partial charge in [-0.25, -0.2) is 0 Å². The molecule has 3 aliphatic carbocycles. The van der Waals surface area contributed by atoms with Crippen LogP contribution >= 0.6 is 0 Å². The summed E-state index contributed by atoms with van der Waals surface area (Å²) in [4.78, 5) is 53.3. The molecule has 1 aromatic rings. The Morgan fingerprint density at radius 3 is 2.37 bits per heavy atom. The van der Waals surface area contributed by atoms with E-state index in [9.17, 15) is 44.7 Å². The number of nitrogens with one attached hydrogen (secondary N) is 2. The molecule has 0 aromatic heterocycles. The number of phenolic OH excluding ortho intramolecular Hbond substituents is 1. The fourth-order valence-electron chi connectivity index (χ4n) is 6.79. The Hall–Kier alpha value is -3.78. The first-order valence-corrected chi connectivity index (χ1v) is 14.4. The van der Waals surface area contributed by atoms with Crippen LogP contribution in [0.15, 0.2) is 29.0 Å². The van der Waals surface area contributed by atoms with Gasteiger partial charge in [0.05, 0.1) is 35.9 Å². The highest BCUT2D eigenvalue weighted by molar-refractivity contribution is 6.24. The summed E-state index contributed by atoms with van der Waals surface area (Å²) < 4.78 is 0. The minimum absolute atomic E-state index is 0.0210. The summed E-state index contributed by atoms with van der Waals surface area (Å²) in [6, 6.07) is 1.55. The number of phenols is 1. The summed E-state index contributed by atoms with van der Waals surface area (Å²) >= 11 is 0. The maximum absolute atomic E-state index is 14.1. The van der Waals surface area contributed by atoms with E-state index in [4.69, 9.17) is 5.73 Å². The van der Waals surface area contributed by atoms with Gasteiger partial charge in [0.2, 0.25) is 11.7 Å². The van der Waals surface area contributed by atoms with Crippen molar-refractivity contribution in [2.24, 2.45) is 17.6 Å². The number of aliphatic hydroxyl groups is 4. The van der Waals surface area contributed by atoms with Crippen molar-refractivity contribution in [1.29, 1.82) is 0 Å². The third-order valence-electron chi connectivity index (χ3n) is 8.90. The van der Waals surface area contributed by atoms with Crippen LogP contribution in [0.25, 0.3) is 5.76 Å². The first-order valence-electron chi connectivity index (χ1n) is 14.4. The van der Waals surface area contributed by atoms with Crippen LogP contribution in [0.1, 0.15) is 56.6 Å². The highest BCUT2D eigenvalue weighted by atomic mass is 16.4. The smallest absolute Gasteiger partial charge is 0.255 e. The number of benzene rings is 1. The molecule has 4 rings (SSSR count). The third-order valence-corrected chi connectivity index (χ3v) is 8.90. The number of Topliss-reactive ketones (excluding diaryl/α,β-unsaturated/α-hetero) is 2. The monoisotopic (exact) mass is 600 g/mol. The quantitative estimate of drug-likeness (QED) is 0.105. The van der Waals surface area contributed by atoms with E-state index in [-0.39, 0.29) is 17.8 Å². The normalized spacial score (nSPS) is 28.5. The van der Waals surface area contributed by atoms with Gasteiger partial charge in [-0.15, -0.1) is 0 Å². The summed E-state index contributed by atoms with van der Waals surface area (Å²) in [5, 5.41) is 62.6. The van der Waals surface area contributed by atoms with E-state index in [1.54, 1.807) is 6.92 Å². The van der Waals surface area contributed by atoms with Crippen LogP contribution in [0, 0.1) is 11.8 Å². The number of carbonyl (C=O) groups excluding carboxylic acids is 4. The number of likely N-dealkylation sites (N-methyl/N-ethyl adjacent to an activating group) is 1. The lowest BCUT2D eigenvalue weighted by Gasteiger charge is -2.53. The van der Waals surface area contributed by atoms with Crippen LogP contribution in [-0.2, 0) is 19.2 Å². The molecule has 9 N–H and O–H groups in total. The van der Waals surface area contributed by atoms with Crippen molar-refractivity contribution in [3.8, 4) is 5.75 Å². The molecule has 0 spiro atoms. The molecule has 234 valence electrons. The SMILES string of the molecule is CCCCCCNCC(=O)Nc1ccc2c(c1O)C(O)=C1C(=O)C3(O)C(O)=C(C(N)=O)C(=O)[C@@H](N(C)C)C3C(O)C1C2C. The number of aliphatic hydroxyl groups excluding tert-OH is 3. The number of carbonyl (C=O) groups is 4. The number of anilines is 1. The number of nitrogens with two attached hydrogens (primary N) is 1. The number of amides is 2. The van der Waals surface area contributed by atoms with Crippen LogP contribution in [0.4, 0.5) is 5.69 Å². The summed E-state index contributed by atoms with van der Waals surface area (Å²) in [6.45, 7) is 4.36. The van der Waals surface area contributed by atoms with Crippen molar-refractivity contribution in [2.75, 3.05) is 32.5 Å². The van der Waals surface area contributed by atoms with Crippen LogP contribution in [-0.4, -0.2) is 98.7 Å². The number of rotatable bonds is 10. The topological polar surface area (TPSA) is 223 Å². The number of aromatic hydroxyl groups is 1. The average Bonchev–Trinajstić information content (AvgIpc) is 2.93. The molecule has 0 saturated heterocycles. The lowest BCUT2D eigenvalue weighted by molar-refractivity contribution is -0.169. The number of ketones is 2. The van der Waals surface area contributed by atoms with E-state index in [0.29, 0.717) is 12.1 Å². The second-order valence-electron chi connectivity index (χ2n) is 11.8. The Morgan fingerprint density at radius 1 is 1.09 bits per heavy atom. The molecule has 0 bridgehead atoms. The van der Waals surface area contributed by atoms with E-state index < -0.39 is 87.3 Å². The molecule has 43 heavy (non-hydrogen) atoms. The van der Waals surface area contributed by atoms with Crippen molar-refractivity contribution in [3.05, 3.63) is 40.2 Å². The van der Waals surface area contributed by atoms with E-state index in [2.05, 4.69) is 17.6 Å². The molecular weight excluding hydrogens is 560 g/mol. The van der Waals surface area contributed by atoms with E-state index in [1.807, 2.05) is 0 Å². The van der Waals surface area contributed by atoms with E-state index in [0.717, 1.165) is 25.7 Å². The number of nitrogens with zero attached hydrogens (tertiary/aromatic N) is 1. The molecule has 13 heteroatoms. The van der Waals surface area contributed by atoms with Crippen LogP contribution in [0.2, 0.25) is 0 Å². The Kier molecular flexibility index (Phi) is 9.03. The molecule has 1 fully saturated rings. The zero-order valence-corrected chi connectivity index (χ0v) is 24.7. The first-order chi connectivity index (χ1) is 20.2. The number of fused-ring (bicyclic) bond motifs is 3. The van der Waals surface area contributed by atoms with Gasteiger partial charge in [0.25, 0.3) is 5.91 Å². The number of hydrogen-bond acceptors (Lipinski definition) is 11. The van der Waals surface area contributed by atoms with Crippen molar-refractivity contribution in [2.45, 2.75) is 63.2 Å². The van der Waals surface area contributed by atoms with Gasteiger partial charge in [-0.1, -0.05) is 39.2 Å². The molecule has 0 heterocycles. The molecule has 5 unspecified atom stereocenters. The minimum Gasteiger partial charge on any atom is -0.508 e. The highest BCUT2D eigenvalue weighted by Crippen LogP contribution is 2.56. The number of hydrogen-bond donors (Lipinski definition) is 8. The van der Waals surface area contributed by atoms with Gasteiger partial charge in [0, 0.05) is 11.5 Å². The van der Waals surface area contributed by atoms with Crippen molar-refractivity contribution in [3.63, 3.8) is 0 Å². The Morgan fingerprint density at radius 2 is 1.77 bits per heavy atom. The second-order valence-corrected chi connectivity index (χ2v) is 11.8. The van der Waals surface area contributed by atoms with E-state index >= 15 is 0 Å². The largest absolute Gasteiger partial charge is 0.508 e. The van der Waals surface area contributed by atoms with Gasteiger partial charge < -0.3 is 41.9 Å².